The molecular weight excluding hydrogens is 328 g/mol. The van der Waals surface area contributed by atoms with E-state index < -0.39 is 23.3 Å². The first-order valence-corrected chi connectivity index (χ1v) is 8.63. The molecule has 0 radical (unpaired) electrons. The second kappa shape index (κ2) is 9.40. The predicted molar refractivity (Wildman–Crippen MR) is 94.3 cm³/mol. The molecule has 0 fully saturated rings. The van der Waals surface area contributed by atoms with Gasteiger partial charge in [0.15, 0.2) is 23.3 Å². The second-order valence-electron chi connectivity index (χ2n) is 6.12. The highest BCUT2D eigenvalue weighted by Crippen LogP contribution is 2.29. The normalized spacial score (nSPS) is 12.2. The summed E-state index contributed by atoms with van der Waals surface area (Å²) in [5.41, 5.74) is 0.828. The molecule has 0 aromatic heterocycles. The minimum absolute atomic E-state index is 0.0805. The summed E-state index contributed by atoms with van der Waals surface area (Å²) in [5, 5.41) is 0. The Morgan fingerprint density at radius 2 is 1.32 bits per heavy atom. The Labute approximate surface area is 146 Å². The van der Waals surface area contributed by atoms with Crippen LogP contribution in [0.3, 0.4) is 0 Å². The SMILES string of the molecule is CCCCCCCc1ccc(/C(F)=C(\F)c2ccc(F)c(F)c2)cc1. The van der Waals surface area contributed by atoms with E-state index in [2.05, 4.69) is 6.92 Å². The number of hydrogen-bond donors (Lipinski definition) is 0. The first-order valence-electron chi connectivity index (χ1n) is 8.63. The van der Waals surface area contributed by atoms with Crippen LogP contribution in [0.15, 0.2) is 42.5 Å². The highest BCUT2D eigenvalue weighted by molar-refractivity contribution is 5.83. The highest BCUT2D eigenvalue weighted by atomic mass is 19.2. The van der Waals surface area contributed by atoms with E-state index in [4.69, 9.17) is 0 Å². The van der Waals surface area contributed by atoms with Crippen molar-refractivity contribution in [2.75, 3.05) is 0 Å². The average molecular weight is 350 g/mol. The summed E-state index contributed by atoms with van der Waals surface area (Å²) >= 11 is 0. The van der Waals surface area contributed by atoms with Crippen LogP contribution in [-0.4, -0.2) is 0 Å². The maximum atomic E-state index is 14.3. The predicted octanol–water partition coefficient (Wildman–Crippen LogP) is 7.24. The van der Waals surface area contributed by atoms with Crippen LogP contribution in [0.5, 0.6) is 0 Å². The van der Waals surface area contributed by atoms with E-state index in [1.165, 1.54) is 31.4 Å². The van der Waals surface area contributed by atoms with Crippen molar-refractivity contribution in [2.45, 2.75) is 45.4 Å². The van der Waals surface area contributed by atoms with Gasteiger partial charge < -0.3 is 0 Å². The highest BCUT2D eigenvalue weighted by Gasteiger charge is 2.13. The number of benzene rings is 2. The summed E-state index contributed by atoms with van der Waals surface area (Å²) in [7, 11) is 0. The van der Waals surface area contributed by atoms with E-state index in [1.54, 1.807) is 12.1 Å². The van der Waals surface area contributed by atoms with Gasteiger partial charge in [-0.25, -0.2) is 17.6 Å². The standard InChI is InChI=1S/C21H22F4/c1-2-3-4-5-6-7-15-8-10-16(11-9-15)20(24)21(25)17-12-13-18(22)19(23)14-17/h8-14H,2-7H2,1H3/b21-20+. The maximum absolute atomic E-state index is 14.3. The van der Waals surface area contributed by atoms with Crippen molar-refractivity contribution >= 4 is 11.7 Å². The zero-order valence-corrected chi connectivity index (χ0v) is 14.3. The Hall–Kier alpha value is -2.10. The van der Waals surface area contributed by atoms with Gasteiger partial charge in [-0.15, -0.1) is 0 Å². The lowest BCUT2D eigenvalue weighted by atomic mass is 10.0. The van der Waals surface area contributed by atoms with Crippen LogP contribution in [0.2, 0.25) is 0 Å². The van der Waals surface area contributed by atoms with Crippen molar-refractivity contribution in [2.24, 2.45) is 0 Å². The number of halogens is 4. The summed E-state index contributed by atoms with van der Waals surface area (Å²) in [4.78, 5) is 0. The molecule has 2 rings (SSSR count). The van der Waals surface area contributed by atoms with Crippen molar-refractivity contribution in [3.63, 3.8) is 0 Å². The molecule has 0 saturated heterocycles. The van der Waals surface area contributed by atoms with Gasteiger partial charge in [-0.1, -0.05) is 56.9 Å². The summed E-state index contributed by atoms with van der Waals surface area (Å²) in [6.07, 6.45) is 6.78. The van der Waals surface area contributed by atoms with Crippen LogP contribution < -0.4 is 0 Å². The number of unbranched alkanes of at least 4 members (excludes halogenated alkanes) is 4. The Morgan fingerprint density at radius 3 is 1.96 bits per heavy atom. The van der Waals surface area contributed by atoms with Gasteiger partial charge in [0.25, 0.3) is 0 Å². The molecular formula is C21H22F4. The van der Waals surface area contributed by atoms with E-state index >= 15 is 0 Å². The van der Waals surface area contributed by atoms with Gasteiger partial charge in [-0.3, -0.25) is 0 Å². The van der Waals surface area contributed by atoms with Crippen LogP contribution in [0.25, 0.3) is 11.7 Å². The molecule has 2 aromatic rings. The lowest BCUT2D eigenvalue weighted by Crippen LogP contribution is -1.90. The van der Waals surface area contributed by atoms with Crippen molar-refractivity contribution in [3.05, 3.63) is 70.8 Å². The number of aryl methyl sites for hydroxylation is 1. The van der Waals surface area contributed by atoms with Gasteiger partial charge in [-0.2, -0.15) is 0 Å². The molecule has 0 bridgehead atoms. The van der Waals surface area contributed by atoms with E-state index in [1.807, 2.05) is 0 Å². The fourth-order valence-electron chi connectivity index (χ4n) is 2.64. The minimum Gasteiger partial charge on any atom is -0.204 e. The molecule has 0 N–H and O–H groups in total. The third-order valence-electron chi connectivity index (χ3n) is 4.14. The van der Waals surface area contributed by atoms with Gasteiger partial charge in [0.2, 0.25) is 0 Å². The Bertz CT molecular complexity index is 717. The van der Waals surface area contributed by atoms with Gasteiger partial charge in [0, 0.05) is 11.1 Å². The topological polar surface area (TPSA) is 0 Å². The molecule has 0 amide bonds. The molecule has 0 saturated carbocycles. The van der Waals surface area contributed by atoms with Crippen LogP contribution in [0.1, 0.15) is 55.7 Å². The number of hydrogen-bond acceptors (Lipinski definition) is 0. The molecule has 2 aromatic carbocycles. The molecule has 0 aliphatic carbocycles. The minimum atomic E-state index is -1.21. The second-order valence-corrected chi connectivity index (χ2v) is 6.12. The quantitative estimate of drug-likeness (QED) is 0.267. The molecule has 0 atom stereocenters. The number of rotatable bonds is 8. The smallest absolute Gasteiger partial charge is 0.166 e. The van der Waals surface area contributed by atoms with Gasteiger partial charge in [-0.05, 0) is 36.6 Å². The average Bonchev–Trinajstić information content (AvgIpc) is 2.63. The first kappa shape index (κ1) is 19.2. The lowest BCUT2D eigenvalue weighted by Gasteiger charge is -2.05. The van der Waals surface area contributed by atoms with Crippen LogP contribution in [0, 0.1) is 11.6 Å². The molecule has 134 valence electrons. The van der Waals surface area contributed by atoms with E-state index in [0.717, 1.165) is 37.0 Å². The monoisotopic (exact) mass is 350 g/mol. The van der Waals surface area contributed by atoms with Crippen molar-refractivity contribution in [1.82, 2.24) is 0 Å². The van der Waals surface area contributed by atoms with Gasteiger partial charge in [0.05, 0.1) is 0 Å². The van der Waals surface area contributed by atoms with Gasteiger partial charge >= 0.3 is 0 Å². The third kappa shape index (κ3) is 5.45. The van der Waals surface area contributed by atoms with E-state index in [0.29, 0.717) is 6.07 Å². The lowest BCUT2D eigenvalue weighted by molar-refractivity contribution is 0.507. The molecule has 0 spiro atoms. The van der Waals surface area contributed by atoms with Crippen molar-refractivity contribution in [1.29, 1.82) is 0 Å². The van der Waals surface area contributed by atoms with Crippen molar-refractivity contribution < 1.29 is 17.6 Å². The molecule has 4 heteroatoms. The summed E-state index contributed by atoms with van der Waals surface area (Å²) in [6, 6.07) is 9.00. The fraction of sp³-hybridized carbons (Fsp3) is 0.333. The summed E-state index contributed by atoms with van der Waals surface area (Å²) < 4.78 is 54.5. The fourth-order valence-corrected chi connectivity index (χ4v) is 2.64. The van der Waals surface area contributed by atoms with E-state index in [-0.39, 0.29) is 11.1 Å². The molecule has 25 heavy (non-hydrogen) atoms. The zero-order chi connectivity index (χ0) is 18.2. The molecule has 0 aliphatic heterocycles. The Balaban J connectivity index is 2.05. The van der Waals surface area contributed by atoms with Crippen LogP contribution in [-0.2, 0) is 6.42 Å². The zero-order valence-electron chi connectivity index (χ0n) is 14.3. The third-order valence-corrected chi connectivity index (χ3v) is 4.14. The largest absolute Gasteiger partial charge is 0.204 e. The Morgan fingerprint density at radius 1 is 0.720 bits per heavy atom. The first-order chi connectivity index (χ1) is 12.0. The molecule has 0 unspecified atom stereocenters. The summed E-state index contributed by atoms with van der Waals surface area (Å²) in [5.74, 6) is -4.59. The van der Waals surface area contributed by atoms with Crippen LogP contribution in [0.4, 0.5) is 17.6 Å². The molecule has 0 heterocycles. The van der Waals surface area contributed by atoms with E-state index in [9.17, 15) is 17.6 Å². The maximum Gasteiger partial charge on any atom is 0.166 e. The van der Waals surface area contributed by atoms with Gasteiger partial charge in [0.1, 0.15) is 0 Å². The Kier molecular flexibility index (Phi) is 7.23. The molecule has 0 aliphatic rings. The summed E-state index contributed by atoms with van der Waals surface area (Å²) in [6.45, 7) is 2.17. The van der Waals surface area contributed by atoms with Crippen LogP contribution >= 0.6 is 0 Å². The molecule has 0 nitrogen and oxygen atoms in total. The van der Waals surface area contributed by atoms with Crippen molar-refractivity contribution in [3.8, 4) is 0 Å².